The molecule has 0 aromatic heterocycles. The van der Waals surface area contributed by atoms with Crippen molar-refractivity contribution in [1.29, 1.82) is 0 Å². The maximum atomic E-state index is 4.10. The highest BCUT2D eigenvalue weighted by Crippen LogP contribution is 2.12. The molecule has 0 heterocycles. The molecular weight excluding hydrogens is 182 g/mol. The first-order valence-corrected chi connectivity index (χ1v) is 4.98. The molecule has 1 nitrogen and oxygen atoms in total. The van der Waals surface area contributed by atoms with Crippen molar-refractivity contribution in [2.24, 2.45) is 4.99 Å². The van der Waals surface area contributed by atoms with E-state index in [9.17, 15) is 0 Å². The van der Waals surface area contributed by atoms with Gasteiger partial charge in [0.2, 0.25) is 0 Å². The Morgan fingerprint density at radius 3 is 2.20 bits per heavy atom. The van der Waals surface area contributed by atoms with Crippen LogP contribution in [0.5, 0.6) is 0 Å². The van der Waals surface area contributed by atoms with Gasteiger partial charge in [0.15, 0.2) is 0 Å². The third-order valence-electron chi connectivity index (χ3n) is 2.28. The van der Waals surface area contributed by atoms with Gasteiger partial charge in [0.1, 0.15) is 0 Å². The summed E-state index contributed by atoms with van der Waals surface area (Å²) in [6.45, 7) is 0. The SMILES string of the molecule is CN=C1C=CC(=Cc2ccccc2)C=C1. The molecule has 0 aliphatic heterocycles. The van der Waals surface area contributed by atoms with Crippen LogP contribution in [-0.2, 0) is 0 Å². The van der Waals surface area contributed by atoms with Gasteiger partial charge in [-0.2, -0.15) is 0 Å². The van der Waals surface area contributed by atoms with Crippen LogP contribution in [0.15, 0.2) is 65.2 Å². The van der Waals surface area contributed by atoms with Gasteiger partial charge < -0.3 is 0 Å². The maximum absolute atomic E-state index is 4.10. The van der Waals surface area contributed by atoms with Gasteiger partial charge in [-0.15, -0.1) is 0 Å². The molecule has 0 amide bonds. The molecule has 2 rings (SSSR count). The molecule has 1 aromatic rings. The molecule has 0 fully saturated rings. The molecule has 1 aliphatic rings. The monoisotopic (exact) mass is 195 g/mol. The van der Waals surface area contributed by atoms with Gasteiger partial charge in [0, 0.05) is 7.05 Å². The topological polar surface area (TPSA) is 12.4 Å². The average Bonchev–Trinajstić information content (AvgIpc) is 2.31. The quantitative estimate of drug-likeness (QED) is 0.652. The van der Waals surface area contributed by atoms with Crippen LogP contribution in [0.2, 0.25) is 0 Å². The number of rotatable bonds is 1. The summed E-state index contributed by atoms with van der Waals surface area (Å²) < 4.78 is 0. The minimum absolute atomic E-state index is 1.01. The van der Waals surface area contributed by atoms with Gasteiger partial charge in [-0.3, -0.25) is 4.99 Å². The third-order valence-corrected chi connectivity index (χ3v) is 2.28. The zero-order chi connectivity index (χ0) is 10.5. The summed E-state index contributed by atoms with van der Waals surface area (Å²) in [4.78, 5) is 4.10. The van der Waals surface area contributed by atoms with Crippen LogP contribution in [0, 0.1) is 0 Å². The van der Waals surface area contributed by atoms with E-state index in [0.717, 1.165) is 5.71 Å². The molecule has 0 unspecified atom stereocenters. The van der Waals surface area contributed by atoms with Gasteiger partial charge in [-0.05, 0) is 29.4 Å². The molecule has 0 N–H and O–H groups in total. The summed E-state index contributed by atoms with van der Waals surface area (Å²) in [5, 5.41) is 0. The smallest absolute Gasteiger partial charge is 0.0571 e. The van der Waals surface area contributed by atoms with Crippen molar-refractivity contribution in [2.75, 3.05) is 7.05 Å². The fraction of sp³-hybridized carbons (Fsp3) is 0.0714. The van der Waals surface area contributed by atoms with Gasteiger partial charge in [-0.1, -0.05) is 42.5 Å². The third kappa shape index (κ3) is 2.53. The number of benzene rings is 1. The first kappa shape index (κ1) is 9.66. The van der Waals surface area contributed by atoms with E-state index in [1.54, 1.807) is 7.05 Å². The van der Waals surface area contributed by atoms with Crippen molar-refractivity contribution >= 4 is 11.8 Å². The Balaban J connectivity index is 2.22. The molecular formula is C14H13N. The van der Waals surface area contributed by atoms with Crippen molar-refractivity contribution in [2.45, 2.75) is 0 Å². The second kappa shape index (κ2) is 4.56. The molecule has 0 spiro atoms. The van der Waals surface area contributed by atoms with Crippen LogP contribution in [0.3, 0.4) is 0 Å². The van der Waals surface area contributed by atoms with Gasteiger partial charge in [-0.25, -0.2) is 0 Å². The molecule has 74 valence electrons. The highest BCUT2D eigenvalue weighted by atomic mass is 14.7. The Morgan fingerprint density at radius 1 is 0.933 bits per heavy atom. The summed E-state index contributed by atoms with van der Waals surface area (Å²) in [6, 6.07) is 10.3. The Morgan fingerprint density at radius 2 is 1.60 bits per heavy atom. The largest absolute Gasteiger partial charge is 0.289 e. The van der Waals surface area contributed by atoms with Crippen molar-refractivity contribution in [3.8, 4) is 0 Å². The Kier molecular flexibility index (Phi) is 2.93. The molecule has 15 heavy (non-hydrogen) atoms. The van der Waals surface area contributed by atoms with Crippen LogP contribution in [0.4, 0.5) is 0 Å². The van der Waals surface area contributed by atoms with Gasteiger partial charge >= 0.3 is 0 Å². The molecule has 1 aromatic carbocycles. The minimum atomic E-state index is 1.01. The first-order chi connectivity index (χ1) is 7.38. The van der Waals surface area contributed by atoms with Gasteiger partial charge in [0.25, 0.3) is 0 Å². The van der Waals surface area contributed by atoms with E-state index in [1.807, 2.05) is 30.4 Å². The van der Waals surface area contributed by atoms with Crippen molar-refractivity contribution in [1.82, 2.24) is 0 Å². The molecule has 0 bridgehead atoms. The molecule has 0 saturated heterocycles. The molecule has 0 radical (unpaired) electrons. The van der Waals surface area contributed by atoms with Crippen molar-refractivity contribution in [3.05, 3.63) is 65.8 Å². The lowest BCUT2D eigenvalue weighted by atomic mass is 10.1. The predicted octanol–water partition coefficient (Wildman–Crippen LogP) is 3.27. The van der Waals surface area contributed by atoms with Crippen LogP contribution in [-0.4, -0.2) is 12.8 Å². The van der Waals surface area contributed by atoms with Gasteiger partial charge in [0.05, 0.1) is 5.71 Å². The van der Waals surface area contributed by atoms with Crippen molar-refractivity contribution < 1.29 is 0 Å². The molecule has 0 saturated carbocycles. The molecule has 1 heteroatoms. The fourth-order valence-corrected chi connectivity index (χ4v) is 1.46. The molecule has 1 aliphatic carbocycles. The fourth-order valence-electron chi connectivity index (χ4n) is 1.46. The van der Waals surface area contributed by atoms with E-state index in [-0.39, 0.29) is 0 Å². The van der Waals surface area contributed by atoms with E-state index in [1.165, 1.54) is 11.1 Å². The first-order valence-electron chi connectivity index (χ1n) is 4.98. The van der Waals surface area contributed by atoms with Crippen LogP contribution in [0.25, 0.3) is 6.08 Å². The normalized spacial score (nSPS) is 14.2. The number of hydrogen-bond donors (Lipinski definition) is 0. The number of allylic oxidation sites excluding steroid dienone is 5. The highest BCUT2D eigenvalue weighted by molar-refractivity contribution is 6.06. The number of nitrogens with zero attached hydrogens (tertiary/aromatic N) is 1. The Bertz CT molecular complexity index is 429. The highest BCUT2D eigenvalue weighted by Gasteiger charge is 1.96. The zero-order valence-electron chi connectivity index (χ0n) is 8.72. The summed E-state index contributed by atoms with van der Waals surface area (Å²) >= 11 is 0. The van der Waals surface area contributed by atoms with Crippen LogP contribution < -0.4 is 0 Å². The van der Waals surface area contributed by atoms with Crippen molar-refractivity contribution in [3.63, 3.8) is 0 Å². The Hall–Kier alpha value is -1.89. The van der Waals surface area contributed by atoms with E-state index >= 15 is 0 Å². The minimum Gasteiger partial charge on any atom is -0.289 e. The van der Waals surface area contributed by atoms with E-state index in [0.29, 0.717) is 0 Å². The average molecular weight is 195 g/mol. The lowest BCUT2D eigenvalue weighted by Crippen LogP contribution is -1.92. The van der Waals surface area contributed by atoms with E-state index in [2.05, 4.69) is 35.4 Å². The van der Waals surface area contributed by atoms with E-state index < -0.39 is 0 Å². The maximum Gasteiger partial charge on any atom is 0.0571 e. The Labute approximate surface area is 90.2 Å². The second-order valence-electron chi connectivity index (χ2n) is 3.37. The standard InChI is InChI=1S/C14H13N/c1-15-14-9-7-13(8-10-14)11-12-5-3-2-4-6-12/h2-11H,1H3. The molecule has 0 atom stereocenters. The lowest BCUT2D eigenvalue weighted by molar-refractivity contribution is 1.44. The zero-order valence-corrected chi connectivity index (χ0v) is 8.72. The number of hydrogen-bond acceptors (Lipinski definition) is 1. The predicted molar refractivity (Wildman–Crippen MR) is 66.1 cm³/mol. The van der Waals surface area contributed by atoms with Crippen LogP contribution >= 0.6 is 0 Å². The lowest BCUT2D eigenvalue weighted by Gasteiger charge is -2.02. The second-order valence-corrected chi connectivity index (χ2v) is 3.37. The number of aliphatic imine (C=N–C) groups is 1. The summed E-state index contributed by atoms with van der Waals surface area (Å²) in [6.07, 6.45) is 10.4. The van der Waals surface area contributed by atoms with Crippen LogP contribution in [0.1, 0.15) is 5.56 Å². The van der Waals surface area contributed by atoms with E-state index in [4.69, 9.17) is 0 Å². The summed E-state index contributed by atoms with van der Waals surface area (Å²) in [5.74, 6) is 0. The summed E-state index contributed by atoms with van der Waals surface area (Å²) in [5.41, 5.74) is 3.44. The summed E-state index contributed by atoms with van der Waals surface area (Å²) in [7, 11) is 1.80.